The highest BCUT2D eigenvalue weighted by Gasteiger charge is 2.33. The van der Waals surface area contributed by atoms with Crippen LogP contribution in [-0.2, 0) is 28.7 Å². The number of alkyl halides is 3. The number of carbonyl (C=O) groups excluding carboxylic acids is 3. The van der Waals surface area contributed by atoms with Gasteiger partial charge in [0, 0.05) is 69.9 Å². The summed E-state index contributed by atoms with van der Waals surface area (Å²) in [6.45, 7) is 10.6. The van der Waals surface area contributed by atoms with Gasteiger partial charge >= 0.3 is 18.2 Å². The number of nitrogens with one attached hydrogen (secondary N) is 5. The summed E-state index contributed by atoms with van der Waals surface area (Å²) in [6.07, 6.45) is 14.1. The molecule has 8 atom stereocenters. The highest BCUT2D eigenvalue weighted by molar-refractivity contribution is 6.33. The number of aromatic nitrogens is 6. The van der Waals surface area contributed by atoms with Gasteiger partial charge in [0.05, 0.1) is 56.3 Å². The molecule has 0 spiro atoms. The first kappa shape index (κ1) is 87.1. The van der Waals surface area contributed by atoms with Crippen LogP contribution in [-0.4, -0.2) is 125 Å². The van der Waals surface area contributed by atoms with Gasteiger partial charge in [0.2, 0.25) is 17.2 Å². The number of carbonyl (C=O) groups is 4. The van der Waals surface area contributed by atoms with Crippen LogP contribution in [0.2, 0.25) is 20.4 Å². The first-order valence-corrected chi connectivity index (χ1v) is 37.4. The zero-order chi connectivity index (χ0) is 78.3. The van der Waals surface area contributed by atoms with Crippen molar-refractivity contribution in [3.8, 4) is 0 Å². The summed E-state index contributed by atoms with van der Waals surface area (Å²) in [4.78, 5) is 72.9. The lowest BCUT2D eigenvalue weighted by Crippen LogP contribution is -2.45. The number of hydrogen-bond acceptors (Lipinski definition) is 17. The van der Waals surface area contributed by atoms with Crippen molar-refractivity contribution in [2.45, 2.75) is 199 Å². The zero-order valence-electron chi connectivity index (χ0n) is 61.2. The Balaban J connectivity index is 0.000000189. The topological polar surface area (TPSA) is 323 Å². The molecule has 28 heteroatoms. The zero-order valence-corrected chi connectivity index (χ0v) is 64.2. The van der Waals surface area contributed by atoms with Gasteiger partial charge < -0.3 is 47.7 Å². The first-order valence-electron chi connectivity index (χ1n) is 35.9. The van der Waals surface area contributed by atoms with E-state index in [1.165, 1.54) is 52.7 Å². The molecule has 6 aliphatic carbocycles. The van der Waals surface area contributed by atoms with Crippen molar-refractivity contribution in [1.82, 2.24) is 35.2 Å². The molecule has 3 amide bonds. The van der Waals surface area contributed by atoms with E-state index in [0.29, 0.717) is 99.5 Å². The lowest BCUT2D eigenvalue weighted by atomic mass is 9.89. The molecular formula is C83H97Cl4F3N14O7. The highest BCUT2D eigenvalue weighted by Crippen LogP contribution is 2.39. The van der Waals surface area contributed by atoms with Crippen molar-refractivity contribution in [2.24, 2.45) is 17.2 Å². The number of nitrogens with zero attached hydrogens (tertiary/aromatic N) is 6. The SMILES string of the molecule is C.C.CC(C)(C)OC(=O)Nc1ccc(C(=O)NC2CC(F)CC(Nc3ncc(Cl)c(C4=CCc5ccccc54)n3)C2)cc1.CC(C)(C)OC(=O)Nc1ccc(C(=O)O)cc1.Clc1ncc(Cl)c(C2=CCc3ccccc32)n1.NC1CC(F)CC(Nc2ncc(Cl)c(C3=CCc4ccccc43)n2)C1.NC1CC(N)CC(F)C1. The van der Waals surface area contributed by atoms with Gasteiger partial charge in [0.15, 0.2) is 0 Å². The molecule has 3 fully saturated rings. The largest absolute Gasteiger partial charge is 0.478 e. The minimum atomic E-state index is -1.09. The molecule has 5 aromatic carbocycles. The number of carboxylic acids is 1. The summed E-state index contributed by atoms with van der Waals surface area (Å²) in [5, 5.41) is 25.0. The van der Waals surface area contributed by atoms with Gasteiger partial charge in [0.25, 0.3) is 5.91 Å². The van der Waals surface area contributed by atoms with Crippen molar-refractivity contribution in [3.05, 3.63) is 240 Å². The minimum absolute atomic E-state index is 0. The molecule has 3 saturated carbocycles. The maximum atomic E-state index is 14.8. The first-order chi connectivity index (χ1) is 51.8. The number of halogens is 7. The lowest BCUT2D eigenvalue weighted by Gasteiger charge is -2.32. The number of benzene rings is 5. The molecule has 12 N–H and O–H groups in total. The third-order valence-corrected chi connectivity index (χ3v) is 19.1. The van der Waals surface area contributed by atoms with Gasteiger partial charge in [-0.25, -0.2) is 57.5 Å². The fourth-order valence-corrected chi connectivity index (χ4v) is 14.1. The number of nitrogens with two attached hydrogens (primary N) is 3. The smallest absolute Gasteiger partial charge is 0.412 e. The molecule has 590 valence electrons. The maximum absolute atomic E-state index is 14.8. The Labute approximate surface area is 666 Å². The number of fused-ring (bicyclic) bond motifs is 3. The second-order valence-corrected chi connectivity index (χ2v) is 30.9. The van der Waals surface area contributed by atoms with E-state index in [0.717, 1.165) is 53.5 Å². The fraction of sp³-hybridized carbons (Fsp3) is 0.373. The van der Waals surface area contributed by atoms with E-state index in [2.05, 4.69) is 105 Å². The quantitative estimate of drug-likeness (QED) is 0.0513. The molecule has 3 heterocycles. The third-order valence-electron chi connectivity index (χ3n) is 18.1. The van der Waals surface area contributed by atoms with Gasteiger partial charge in [-0.1, -0.05) is 141 Å². The normalized spacial score (nSPS) is 20.5. The van der Waals surface area contributed by atoms with Gasteiger partial charge in [-0.05, 0) is 212 Å². The van der Waals surface area contributed by atoms with E-state index in [9.17, 15) is 32.3 Å². The Morgan fingerprint density at radius 1 is 0.450 bits per heavy atom. The predicted octanol–water partition coefficient (Wildman–Crippen LogP) is 18.3. The lowest BCUT2D eigenvalue weighted by molar-refractivity contribution is 0.0624. The number of rotatable bonds is 12. The van der Waals surface area contributed by atoms with Crippen LogP contribution in [0.3, 0.4) is 0 Å². The number of anilines is 4. The average Bonchev–Trinajstić information content (AvgIpc) is 1.69. The number of aromatic carboxylic acids is 1. The van der Waals surface area contributed by atoms with Crippen LogP contribution in [0, 0.1) is 0 Å². The predicted molar refractivity (Wildman–Crippen MR) is 437 cm³/mol. The highest BCUT2D eigenvalue weighted by atomic mass is 35.5. The van der Waals surface area contributed by atoms with Crippen molar-refractivity contribution in [1.29, 1.82) is 0 Å². The summed E-state index contributed by atoms with van der Waals surface area (Å²) >= 11 is 24.8. The van der Waals surface area contributed by atoms with E-state index in [-0.39, 0.29) is 80.7 Å². The summed E-state index contributed by atoms with van der Waals surface area (Å²) in [5.74, 6) is -0.486. The van der Waals surface area contributed by atoms with Crippen molar-refractivity contribution in [3.63, 3.8) is 0 Å². The van der Waals surface area contributed by atoms with Gasteiger partial charge in [0.1, 0.15) is 29.7 Å². The Morgan fingerprint density at radius 2 is 0.802 bits per heavy atom. The van der Waals surface area contributed by atoms with Crippen LogP contribution in [0.5, 0.6) is 0 Å². The second-order valence-electron chi connectivity index (χ2n) is 29.3. The van der Waals surface area contributed by atoms with Crippen molar-refractivity contribution >= 4 is 110 Å². The summed E-state index contributed by atoms with van der Waals surface area (Å²) in [5.41, 5.74) is 29.5. The molecule has 111 heavy (non-hydrogen) atoms. The Morgan fingerprint density at radius 3 is 1.20 bits per heavy atom. The fourth-order valence-electron chi connectivity index (χ4n) is 13.4. The third kappa shape index (κ3) is 25.5. The molecular weight excluding hydrogens is 1500 g/mol. The summed E-state index contributed by atoms with van der Waals surface area (Å²) in [7, 11) is 0. The number of carboxylic acid groups (broad SMARTS) is 1. The minimum Gasteiger partial charge on any atom is -0.478 e. The van der Waals surface area contributed by atoms with Gasteiger partial charge in [-0.2, -0.15) is 0 Å². The van der Waals surface area contributed by atoms with E-state index in [4.69, 9.17) is 78.2 Å². The second kappa shape index (κ2) is 39.6. The van der Waals surface area contributed by atoms with E-state index >= 15 is 0 Å². The van der Waals surface area contributed by atoms with Crippen LogP contribution < -0.4 is 43.8 Å². The van der Waals surface area contributed by atoms with Crippen LogP contribution in [0.4, 0.5) is 46.0 Å². The standard InChI is InChI=1S/C31H33ClFN5O3.C19H20ClFN4.C13H8Cl2N2.C12H15NO4.C6H13FN2.2CH4/c1-31(2,3)41-30(40)37-21-11-8-19(9-12-21)28(39)35-22-14-20(33)15-23(16-22)36-29-34-17-26(32)27(38-29)25-13-10-18-6-4-5-7-24(18)25;20-17-10-23-19(24-14-8-12(21)7-13(22)9-14)25-18(17)16-6-5-11-3-1-2-4-15(11)16;14-11-7-16-13(15)17-12(11)10-6-5-8-3-1-2-4-9(8)10;1-12(2,3)17-11(16)13-9-6-4-8(5-7-9)10(14)15;7-4-1-5(8)3-6(9)2-4;;/h4-9,11-13,17,20,22-23H,10,14-16H2,1-3H3,(H,35,39)(H,37,40)(H,34,36,38);1-4,6,10,12-14H,5,7-9,22H2,(H,23,24,25);1-4,6-7H,5H2;4-7H,1-3H3,(H,13,16)(H,14,15);4-6H,1-3,8-9H2;2*1H4. The van der Waals surface area contributed by atoms with E-state index in [1.807, 2.05) is 42.5 Å². The van der Waals surface area contributed by atoms with Crippen LogP contribution in [0.15, 0.2) is 158 Å². The van der Waals surface area contributed by atoms with Crippen molar-refractivity contribution < 1.29 is 46.9 Å². The molecule has 8 aromatic rings. The molecule has 0 bridgehead atoms. The average molecular weight is 1600 g/mol. The van der Waals surface area contributed by atoms with E-state index < -0.39 is 47.9 Å². The molecule has 6 aliphatic rings. The van der Waals surface area contributed by atoms with Gasteiger partial charge in [-0.3, -0.25) is 15.4 Å². The maximum Gasteiger partial charge on any atom is 0.412 e. The molecule has 21 nitrogen and oxygen atoms in total. The summed E-state index contributed by atoms with van der Waals surface area (Å²) < 4.78 is 51.3. The Bertz CT molecular complexity index is 4610. The Kier molecular flexibility index (Phi) is 31.0. The van der Waals surface area contributed by atoms with Gasteiger partial charge in [-0.15, -0.1) is 0 Å². The molecule has 3 aromatic heterocycles. The number of hydrogen-bond donors (Lipinski definition) is 9. The summed E-state index contributed by atoms with van der Waals surface area (Å²) in [6, 6.07) is 36.0. The molecule has 8 unspecified atom stereocenters. The molecule has 0 radical (unpaired) electrons. The van der Waals surface area contributed by atoms with E-state index in [1.54, 1.807) is 78.2 Å². The number of ether oxygens (including phenoxy) is 2. The molecule has 0 saturated heterocycles. The van der Waals surface area contributed by atoms with Crippen LogP contribution in [0.25, 0.3) is 16.7 Å². The van der Waals surface area contributed by atoms with Crippen LogP contribution in [0.1, 0.15) is 185 Å². The van der Waals surface area contributed by atoms with Crippen LogP contribution >= 0.6 is 46.4 Å². The Hall–Kier alpha value is -9.53. The number of allylic oxidation sites excluding steroid dienone is 3. The monoisotopic (exact) mass is 1600 g/mol. The molecule has 0 aliphatic heterocycles. The number of amides is 3. The van der Waals surface area contributed by atoms with Crippen molar-refractivity contribution in [2.75, 3.05) is 21.3 Å². The molecule has 14 rings (SSSR count).